The lowest BCUT2D eigenvalue weighted by Gasteiger charge is -2.19. The molecule has 0 spiro atoms. The largest absolute Gasteiger partial charge is 0.619 e. The number of carbonyl (C=O) groups is 1. The van der Waals surface area contributed by atoms with Crippen LogP contribution in [0.25, 0.3) is 0 Å². The van der Waals surface area contributed by atoms with Crippen molar-refractivity contribution in [3.8, 4) is 0 Å². The van der Waals surface area contributed by atoms with Gasteiger partial charge in [0, 0.05) is 24.6 Å². The first-order chi connectivity index (χ1) is 7.30. The smallest absolute Gasteiger partial charge is 0.429 e. The molecule has 1 aromatic heterocycles. The van der Waals surface area contributed by atoms with Crippen molar-refractivity contribution in [2.75, 3.05) is 0 Å². The second-order valence-electron chi connectivity index (χ2n) is 3.02. The van der Waals surface area contributed by atoms with E-state index in [0.717, 1.165) is 31.5 Å². The quantitative estimate of drug-likeness (QED) is 0.443. The van der Waals surface area contributed by atoms with Crippen LogP contribution in [0.2, 0.25) is 0 Å². The molecule has 1 rings (SSSR count). The minimum absolute atomic E-state index is 0.296. The van der Waals surface area contributed by atoms with Crippen LogP contribution in [-0.4, -0.2) is 12.1 Å². The Hall–Kier alpha value is -1.79. The van der Waals surface area contributed by atoms with E-state index in [0.29, 0.717) is 4.73 Å². The molecule has 0 saturated carbocycles. The Morgan fingerprint density at radius 1 is 1.44 bits per heavy atom. The first-order valence-corrected chi connectivity index (χ1v) is 4.23. The van der Waals surface area contributed by atoms with Gasteiger partial charge in [0.2, 0.25) is 6.10 Å². The third kappa shape index (κ3) is 3.11. The van der Waals surface area contributed by atoms with Crippen molar-refractivity contribution in [2.24, 2.45) is 0 Å². The van der Waals surface area contributed by atoms with Crippen LogP contribution >= 0.6 is 0 Å². The molecule has 0 aliphatic carbocycles. The molecule has 0 aliphatic rings. The van der Waals surface area contributed by atoms with Gasteiger partial charge in [-0.05, 0) is 0 Å². The fourth-order valence-electron chi connectivity index (χ4n) is 1.09. The first-order valence-electron chi connectivity index (χ1n) is 4.23. The highest BCUT2D eigenvalue weighted by atomic mass is 19.4. The van der Waals surface area contributed by atoms with E-state index in [9.17, 15) is 23.2 Å². The number of pyridine rings is 1. The van der Waals surface area contributed by atoms with Crippen LogP contribution in [0, 0.1) is 5.21 Å². The Bertz CT molecular complexity index is 375. The summed E-state index contributed by atoms with van der Waals surface area (Å²) in [6.45, 7) is 0.884. The summed E-state index contributed by atoms with van der Waals surface area (Å²) in [6.07, 6.45) is -5.25. The fraction of sp³-hybridized carbons (Fsp3) is 0.333. The molecule has 1 heterocycles. The third-order valence-corrected chi connectivity index (χ3v) is 1.71. The van der Waals surface area contributed by atoms with Crippen molar-refractivity contribution < 1.29 is 27.4 Å². The van der Waals surface area contributed by atoms with E-state index in [1.54, 1.807) is 0 Å². The molecule has 0 fully saturated rings. The van der Waals surface area contributed by atoms with Gasteiger partial charge in [0.1, 0.15) is 0 Å². The number of hydrogen-bond acceptors (Lipinski definition) is 3. The van der Waals surface area contributed by atoms with Gasteiger partial charge in [0.25, 0.3) is 0 Å². The maximum absolute atomic E-state index is 12.5. The summed E-state index contributed by atoms with van der Waals surface area (Å²) in [6, 6.07) is 1.90. The molecule has 16 heavy (non-hydrogen) atoms. The zero-order chi connectivity index (χ0) is 12.3. The Morgan fingerprint density at radius 2 is 1.94 bits per heavy atom. The second-order valence-corrected chi connectivity index (χ2v) is 3.02. The maximum Gasteiger partial charge on any atom is 0.429 e. The van der Waals surface area contributed by atoms with E-state index in [1.807, 2.05) is 0 Å². The number of carbonyl (C=O) groups excluding carboxylic acids is 1. The van der Waals surface area contributed by atoms with Crippen LogP contribution in [-0.2, 0) is 9.53 Å². The molecule has 0 saturated heterocycles. The number of esters is 1. The molecule has 1 aromatic rings. The number of aromatic nitrogens is 1. The highest BCUT2D eigenvalue weighted by Crippen LogP contribution is 2.35. The summed E-state index contributed by atoms with van der Waals surface area (Å²) in [5.41, 5.74) is -0.296. The van der Waals surface area contributed by atoms with Crippen molar-refractivity contribution in [3.63, 3.8) is 0 Å². The first kappa shape index (κ1) is 12.3. The van der Waals surface area contributed by atoms with Crippen LogP contribution in [0.5, 0.6) is 0 Å². The average Bonchev–Trinajstić information content (AvgIpc) is 2.14. The number of nitrogens with zero attached hydrogens (tertiary/aromatic N) is 1. The standard InChI is InChI=1S/C9H8F3NO3/c1-6(14)16-8(9(10,11)12)7-2-4-13(15)5-3-7/h2-5,8H,1H3/t8-/m1/s1. The fourth-order valence-corrected chi connectivity index (χ4v) is 1.09. The molecule has 0 unspecified atom stereocenters. The van der Waals surface area contributed by atoms with Crippen molar-refractivity contribution in [1.82, 2.24) is 0 Å². The number of halogens is 3. The molecule has 0 radical (unpaired) electrons. The number of alkyl halides is 3. The molecule has 88 valence electrons. The summed E-state index contributed by atoms with van der Waals surface area (Å²) in [5, 5.41) is 10.6. The lowest BCUT2D eigenvalue weighted by Crippen LogP contribution is -2.28. The summed E-state index contributed by atoms with van der Waals surface area (Å²) < 4.78 is 42.0. The lowest BCUT2D eigenvalue weighted by molar-refractivity contribution is -0.605. The number of hydrogen-bond donors (Lipinski definition) is 0. The molecular formula is C9H8F3NO3. The van der Waals surface area contributed by atoms with Gasteiger partial charge in [-0.1, -0.05) is 0 Å². The Kier molecular flexibility index (Phi) is 3.36. The molecule has 0 bridgehead atoms. The average molecular weight is 235 g/mol. The van der Waals surface area contributed by atoms with Crippen molar-refractivity contribution >= 4 is 5.97 Å². The van der Waals surface area contributed by atoms with Crippen LogP contribution in [0.15, 0.2) is 24.5 Å². The topological polar surface area (TPSA) is 53.2 Å². The molecule has 0 amide bonds. The summed E-state index contributed by atoms with van der Waals surface area (Å²) in [5.74, 6) is -1.04. The molecule has 0 N–H and O–H groups in total. The van der Waals surface area contributed by atoms with Crippen molar-refractivity contribution in [2.45, 2.75) is 19.2 Å². The van der Waals surface area contributed by atoms with E-state index in [1.165, 1.54) is 0 Å². The minimum Gasteiger partial charge on any atom is -0.619 e. The number of ether oxygens (including phenoxy) is 1. The molecule has 4 nitrogen and oxygen atoms in total. The van der Waals surface area contributed by atoms with E-state index in [4.69, 9.17) is 0 Å². The van der Waals surface area contributed by atoms with Gasteiger partial charge >= 0.3 is 12.1 Å². The van der Waals surface area contributed by atoms with E-state index in [-0.39, 0.29) is 5.56 Å². The summed E-state index contributed by atoms with van der Waals surface area (Å²) >= 11 is 0. The highest BCUT2D eigenvalue weighted by Gasteiger charge is 2.43. The van der Waals surface area contributed by atoms with Crippen molar-refractivity contribution in [3.05, 3.63) is 35.3 Å². The normalized spacial score (nSPS) is 13.2. The van der Waals surface area contributed by atoms with E-state index in [2.05, 4.69) is 4.74 Å². The van der Waals surface area contributed by atoms with Gasteiger partial charge in [-0.2, -0.15) is 17.9 Å². The predicted molar refractivity (Wildman–Crippen MR) is 46.0 cm³/mol. The van der Waals surface area contributed by atoms with Gasteiger partial charge < -0.3 is 9.94 Å². The van der Waals surface area contributed by atoms with Crippen LogP contribution in [0.4, 0.5) is 13.2 Å². The SMILES string of the molecule is CC(=O)O[C@H](c1cc[n+]([O-])cc1)C(F)(F)F. The van der Waals surface area contributed by atoms with Gasteiger partial charge in [-0.15, -0.1) is 0 Å². The van der Waals surface area contributed by atoms with Crippen molar-refractivity contribution in [1.29, 1.82) is 0 Å². The van der Waals surface area contributed by atoms with Crippen LogP contribution in [0.1, 0.15) is 18.6 Å². The predicted octanol–water partition coefficient (Wildman–Crippen LogP) is 1.49. The molecule has 0 aromatic carbocycles. The molecular weight excluding hydrogens is 227 g/mol. The van der Waals surface area contributed by atoms with Gasteiger partial charge in [-0.25, -0.2) is 0 Å². The third-order valence-electron chi connectivity index (χ3n) is 1.71. The monoisotopic (exact) mass is 235 g/mol. The lowest BCUT2D eigenvalue weighted by atomic mass is 10.1. The van der Waals surface area contributed by atoms with E-state index >= 15 is 0 Å². The van der Waals surface area contributed by atoms with Gasteiger partial charge in [0.05, 0.1) is 0 Å². The minimum atomic E-state index is -4.71. The van der Waals surface area contributed by atoms with Crippen LogP contribution in [0.3, 0.4) is 0 Å². The zero-order valence-corrected chi connectivity index (χ0v) is 8.19. The molecule has 1 atom stereocenters. The van der Waals surface area contributed by atoms with E-state index < -0.39 is 18.2 Å². The Balaban J connectivity index is 3.01. The molecule has 7 heteroatoms. The number of rotatable bonds is 2. The van der Waals surface area contributed by atoms with Gasteiger partial charge in [-0.3, -0.25) is 4.79 Å². The highest BCUT2D eigenvalue weighted by molar-refractivity contribution is 5.66. The maximum atomic E-state index is 12.5. The summed E-state index contributed by atoms with van der Waals surface area (Å²) in [4.78, 5) is 10.6. The zero-order valence-electron chi connectivity index (χ0n) is 8.19. The second kappa shape index (κ2) is 4.38. The Labute approximate surface area is 88.8 Å². The summed E-state index contributed by atoms with van der Waals surface area (Å²) in [7, 11) is 0. The molecule has 0 aliphatic heterocycles. The van der Waals surface area contributed by atoms with Crippen LogP contribution < -0.4 is 4.73 Å². The van der Waals surface area contributed by atoms with Gasteiger partial charge in [0.15, 0.2) is 12.4 Å². The Morgan fingerprint density at radius 3 is 2.31 bits per heavy atom.